The van der Waals surface area contributed by atoms with Crippen LogP contribution in [0.15, 0.2) is 53.1 Å². The van der Waals surface area contributed by atoms with E-state index < -0.39 is 10.9 Å². The number of methoxy groups -OCH3 is 1. The molecule has 2 aromatic carbocycles. The van der Waals surface area contributed by atoms with Crippen LogP contribution in [0.1, 0.15) is 5.56 Å². The first kappa shape index (κ1) is 18.5. The Balaban J connectivity index is 1.99. The first-order valence-corrected chi connectivity index (χ1v) is 7.86. The van der Waals surface area contributed by atoms with E-state index >= 15 is 0 Å². The van der Waals surface area contributed by atoms with Crippen molar-refractivity contribution in [2.24, 2.45) is 0 Å². The lowest BCUT2D eigenvalue weighted by Crippen LogP contribution is -2.18. The van der Waals surface area contributed by atoms with Gasteiger partial charge < -0.3 is 14.2 Å². The molecule has 8 heteroatoms. The Morgan fingerprint density at radius 1 is 1.20 bits per heavy atom. The highest BCUT2D eigenvalue weighted by molar-refractivity contribution is 9.10. The molecule has 130 valence electrons. The van der Waals surface area contributed by atoms with E-state index in [1.807, 2.05) is 0 Å². The molecule has 25 heavy (non-hydrogen) atoms. The van der Waals surface area contributed by atoms with E-state index in [0.29, 0.717) is 11.3 Å². The third-order valence-electron chi connectivity index (χ3n) is 2.97. The van der Waals surface area contributed by atoms with Gasteiger partial charge in [0.1, 0.15) is 5.75 Å². The van der Waals surface area contributed by atoms with Crippen LogP contribution in [0, 0.1) is 10.1 Å². The summed E-state index contributed by atoms with van der Waals surface area (Å²) in [5.41, 5.74) is 0.541. The zero-order valence-corrected chi connectivity index (χ0v) is 14.8. The van der Waals surface area contributed by atoms with Crippen LogP contribution in [0.5, 0.6) is 17.2 Å². The van der Waals surface area contributed by atoms with Gasteiger partial charge in [0.05, 0.1) is 12.0 Å². The molecule has 0 radical (unpaired) electrons. The van der Waals surface area contributed by atoms with Crippen LogP contribution in [-0.2, 0) is 4.79 Å². The Bertz CT molecular complexity index is 788. The smallest absolute Gasteiger partial charge is 0.349 e. The fourth-order valence-electron chi connectivity index (χ4n) is 1.84. The summed E-state index contributed by atoms with van der Waals surface area (Å²) in [4.78, 5) is 21.7. The number of carbonyl (C=O) groups is 1. The Hall–Kier alpha value is -2.87. The molecule has 0 unspecified atom stereocenters. The maximum absolute atomic E-state index is 11.9. The molecular weight excluding hydrogens is 394 g/mol. The van der Waals surface area contributed by atoms with Gasteiger partial charge in [-0.1, -0.05) is 22.0 Å². The second-order valence-electron chi connectivity index (χ2n) is 4.73. The largest absolute Gasteiger partial charge is 0.493 e. The van der Waals surface area contributed by atoms with Crippen LogP contribution >= 0.6 is 15.9 Å². The third kappa shape index (κ3) is 5.92. The van der Waals surface area contributed by atoms with Crippen molar-refractivity contribution in [3.63, 3.8) is 0 Å². The number of esters is 1. The predicted octanol–water partition coefficient (Wildman–Crippen LogP) is 3.69. The Labute approximate surface area is 152 Å². The molecule has 0 N–H and O–H groups in total. The number of ether oxygens (including phenoxy) is 3. The van der Waals surface area contributed by atoms with Crippen LogP contribution in [0.2, 0.25) is 0 Å². The highest BCUT2D eigenvalue weighted by Crippen LogP contribution is 2.28. The molecule has 7 nitrogen and oxygen atoms in total. The summed E-state index contributed by atoms with van der Waals surface area (Å²) in [6, 6.07) is 11.6. The topological polar surface area (TPSA) is 87.9 Å². The van der Waals surface area contributed by atoms with Crippen molar-refractivity contribution >= 4 is 28.0 Å². The lowest BCUT2D eigenvalue weighted by molar-refractivity contribution is -0.400. The van der Waals surface area contributed by atoms with Crippen molar-refractivity contribution in [3.05, 3.63) is 68.8 Å². The highest BCUT2D eigenvalue weighted by Gasteiger charge is 2.11. The van der Waals surface area contributed by atoms with Crippen molar-refractivity contribution in [1.29, 1.82) is 0 Å². The number of halogens is 1. The maximum Gasteiger partial charge on any atom is 0.349 e. The summed E-state index contributed by atoms with van der Waals surface area (Å²) >= 11 is 3.31. The average Bonchev–Trinajstić information content (AvgIpc) is 2.60. The number of benzene rings is 2. The van der Waals surface area contributed by atoms with Gasteiger partial charge in [-0.2, -0.15) is 0 Å². The van der Waals surface area contributed by atoms with Gasteiger partial charge in [0, 0.05) is 10.5 Å². The van der Waals surface area contributed by atoms with Crippen LogP contribution in [-0.4, -0.2) is 24.6 Å². The van der Waals surface area contributed by atoms with E-state index in [2.05, 4.69) is 15.9 Å². The molecular formula is C17H14BrNO6. The minimum Gasteiger partial charge on any atom is -0.493 e. The number of hydrogen-bond donors (Lipinski definition) is 0. The van der Waals surface area contributed by atoms with Gasteiger partial charge in [0.25, 0.3) is 0 Å². The summed E-state index contributed by atoms with van der Waals surface area (Å²) in [5.74, 6) is 0.412. The van der Waals surface area contributed by atoms with Crippen LogP contribution < -0.4 is 14.2 Å². The lowest BCUT2D eigenvalue weighted by Gasteiger charge is -2.10. The van der Waals surface area contributed by atoms with E-state index in [0.717, 1.165) is 10.7 Å². The molecule has 0 saturated carbocycles. The minimum atomic E-state index is -0.602. The van der Waals surface area contributed by atoms with Crippen molar-refractivity contribution < 1.29 is 23.9 Å². The number of rotatable bonds is 7. The average molecular weight is 408 g/mol. The normalized spacial score (nSPS) is 10.5. The van der Waals surface area contributed by atoms with Crippen molar-refractivity contribution in [2.45, 2.75) is 0 Å². The van der Waals surface area contributed by atoms with Crippen LogP contribution in [0.3, 0.4) is 0 Å². The first-order chi connectivity index (χ1) is 12.0. The molecule has 0 aliphatic carbocycles. The maximum atomic E-state index is 11.9. The van der Waals surface area contributed by atoms with Gasteiger partial charge in [0.2, 0.25) is 6.20 Å². The van der Waals surface area contributed by atoms with Crippen molar-refractivity contribution in [3.8, 4) is 17.2 Å². The molecule has 0 saturated heterocycles. The second-order valence-corrected chi connectivity index (χ2v) is 5.64. The second kappa shape index (κ2) is 8.84. The molecule has 0 aliphatic heterocycles. The fourth-order valence-corrected chi connectivity index (χ4v) is 2.11. The monoisotopic (exact) mass is 407 g/mol. The Morgan fingerprint density at radius 3 is 2.56 bits per heavy atom. The molecule has 0 aromatic heterocycles. The SMILES string of the molecule is COc1cc(C=C[N+](=O)[O-])ccc1OC(=O)COc1ccc(Br)cc1. The van der Waals surface area contributed by atoms with Gasteiger partial charge in [-0.15, -0.1) is 0 Å². The van der Waals surface area contributed by atoms with Gasteiger partial charge in [-0.05, 0) is 42.0 Å². The third-order valence-corrected chi connectivity index (χ3v) is 3.50. The Morgan fingerprint density at radius 2 is 1.92 bits per heavy atom. The molecule has 0 heterocycles. The molecule has 2 rings (SSSR count). The summed E-state index contributed by atoms with van der Waals surface area (Å²) in [5, 5.41) is 10.3. The molecule has 2 aromatic rings. The summed E-state index contributed by atoms with van der Waals surface area (Å²) in [6.45, 7) is -0.270. The fraction of sp³-hybridized carbons (Fsp3) is 0.118. The molecule has 0 atom stereocenters. The van der Waals surface area contributed by atoms with Gasteiger partial charge in [-0.3, -0.25) is 10.1 Å². The van der Waals surface area contributed by atoms with E-state index in [-0.39, 0.29) is 18.1 Å². The zero-order chi connectivity index (χ0) is 18.2. The molecule has 0 amide bonds. The van der Waals surface area contributed by atoms with Crippen LogP contribution in [0.25, 0.3) is 6.08 Å². The quantitative estimate of drug-likeness (QED) is 0.301. The van der Waals surface area contributed by atoms with E-state index in [9.17, 15) is 14.9 Å². The number of nitrogens with zero attached hydrogens (tertiary/aromatic N) is 1. The van der Waals surface area contributed by atoms with Crippen molar-refractivity contribution in [2.75, 3.05) is 13.7 Å². The lowest BCUT2D eigenvalue weighted by atomic mass is 10.2. The number of nitro groups is 1. The number of hydrogen-bond acceptors (Lipinski definition) is 6. The molecule has 0 fully saturated rings. The molecule has 0 bridgehead atoms. The molecule has 0 aliphatic rings. The number of carbonyl (C=O) groups excluding carboxylic acids is 1. The van der Waals surface area contributed by atoms with E-state index in [4.69, 9.17) is 14.2 Å². The van der Waals surface area contributed by atoms with Gasteiger partial charge in [0.15, 0.2) is 18.1 Å². The summed E-state index contributed by atoms with van der Waals surface area (Å²) < 4.78 is 16.6. The van der Waals surface area contributed by atoms with Gasteiger partial charge >= 0.3 is 5.97 Å². The van der Waals surface area contributed by atoms with Gasteiger partial charge in [-0.25, -0.2) is 4.79 Å². The standard InChI is InChI=1S/C17H14BrNO6/c1-23-16-10-12(8-9-19(21)22)2-7-15(16)25-17(20)11-24-14-5-3-13(18)4-6-14/h2-10H,11H2,1H3. The zero-order valence-electron chi connectivity index (χ0n) is 13.2. The molecule has 0 spiro atoms. The van der Waals surface area contributed by atoms with E-state index in [1.165, 1.54) is 25.3 Å². The van der Waals surface area contributed by atoms with Crippen LogP contribution in [0.4, 0.5) is 0 Å². The summed E-state index contributed by atoms with van der Waals surface area (Å²) in [6.07, 6.45) is 2.12. The van der Waals surface area contributed by atoms with E-state index in [1.54, 1.807) is 30.3 Å². The van der Waals surface area contributed by atoms with Crippen molar-refractivity contribution in [1.82, 2.24) is 0 Å². The minimum absolute atomic E-state index is 0.199. The summed E-state index contributed by atoms with van der Waals surface area (Å²) in [7, 11) is 1.41. The Kier molecular flexibility index (Phi) is 6.53. The predicted molar refractivity (Wildman–Crippen MR) is 94.3 cm³/mol. The highest BCUT2D eigenvalue weighted by atomic mass is 79.9. The first-order valence-electron chi connectivity index (χ1n) is 7.06.